The molecule has 1 aliphatic carbocycles. The van der Waals surface area contributed by atoms with E-state index < -0.39 is 0 Å². The molecule has 0 atom stereocenters. The van der Waals surface area contributed by atoms with Gasteiger partial charge in [0.1, 0.15) is 0 Å². The number of aryl methyl sites for hydroxylation is 2. The molecule has 2 aliphatic rings. The Balaban J connectivity index is 1.96. The third-order valence-corrected chi connectivity index (χ3v) is 5.40. The fourth-order valence-electron chi connectivity index (χ4n) is 4.01. The van der Waals surface area contributed by atoms with E-state index in [1.54, 1.807) is 5.57 Å². The summed E-state index contributed by atoms with van der Waals surface area (Å²) in [6, 6.07) is 17.4. The molecule has 2 aromatic carbocycles. The van der Waals surface area contributed by atoms with Gasteiger partial charge in [-0.2, -0.15) is 5.26 Å². The summed E-state index contributed by atoms with van der Waals surface area (Å²) in [6.45, 7) is 2.24. The summed E-state index contributed by atoms with van der Waals surface area (Å²) < 4.78 is 0. The second-order valence-electron chi connectivity index (χ2n) is 6.92. The summed E-state index contributed by atoms with van der Waals surface area (Å²) in [5.74, 6) is 0. The number of nitriles is 1. The molecule has 0 bridgehead atoms. The van der Waals surface area contributed by atoms with Gasteiger partial charge in [-0.05, 0) is 72.7 Å². The number of nitrogens with zero attached hydrogens (tertiary/aromatic N) is 2. The maximum absolute atomic E-state index is 9.36. The first-order valence-electron chi connectivity index (χ1n) is 8.78. The van der Waals surface area contributed by atoms with Crippen molar-refractivity contribution in [2.45, 2.75) is 25.7 Å². The van der Waals surface area contributed by atoms with E-state index in [-0.39, 0.29) is 0 Å². The Morgan fingerprint density at radius 2 is 1.58 bits per heavy atom. The molecular weight excluding hydrogens is 292 g/mol. The van der Waals surface area contributed by atoms with Gasteiger partial charge in [0.25, 0.3) is 0 Å². The van der Waals surface area contributed by atoms with Crippen LogP contribution in [0.3, 0.4) is 0 Å². The third kappa shape index (κ3) is 2.66. The molecule has 0 N–H and O–H groups in total. The normalized spacial score (nSPS) is 17.7. The fourth-order valence-corrected chi connectivity index (χ4v) is 4.01. The number of piperidine rings is 1. The van der Waals surface area contributed by atoms with Crippen LogP contribution in [0.1, 0.15) is 40.7 Å². The molecule has 2 nitrogen and oxygen atoms in total. The molecule has 0 aromatic heterocycles. The van der Waals surface area contributed by atoms with E-state index >= 15 is 0 Å². The van der Waals surface area contributed by atoms with Crippen LogP contribution >= 0.6 is 0 Å². The average molecular weight is 314 g/mol. The average Bonchev–Trinajstić information content (AvgIpc) is 2.79. The third-order valence-electron chi connectivity index (χ3n) is 5.40. The Kier molecular flexibility index (Phi) is 3.96. The SMILES string of the molecule is CN1CCC(=C2c3ccccc3CCc3ccc(C#N)cc32)CC1. The zero-order valence-electron chi connectivity index (χ0n) is 14.2. The molecule has 1 fully saturated rings. The first-order chi connectivity index (χ1) is 11.8. The minimum absolute atomic E-state index is 0.763. The van der Waals surface area contributed by atoms with Crippen molar-refractivity contribution < 1.29 is 0 Å². The van der Waals surface area contributed by atoms with E-state index in [1.165, 1.54) is 27.8 Å². The lowest BCUT2D eigenvalue weighted by molar-refractivity contribution is 0.313. The molecule has 0 amide bonds. The number of rotatable bonds is 0. The first-order valence-corrected chi connectivity index (χ1v) is 8.78. The van der Waals surface area contributed by atoms with Gasteiger partial charge in [0.15, 0.2) is 0 Å². The van der Waals surface area contributed by atoms with Crippen molar-refractivity contribution in [2.24, 2.45) is 0 Å². The number of fused-ring (bicyclic) bond motifs is 2. The van der Waals surface area contributed by atoms with Crippen molar-refractivity contribution in [1.29, 1.82) is 5.26 Å². The van der Waals surface area contributed by atoms with Gasteiger partial charge < -0.3 is 4.90 Å². The van der Waals surface area contributed by atoms with Crippen LogP contribution in [0.4, 0.5) is 0 Å². The highest BCUT2D eigenvalue weighted by molar-refractivity contribution is 5.86. The van der Waals surface area contributed by atoms with E-state index in [0.717, 1.165) is 44.3 Å². The lowest BCUT2D eigenvalue weighted by atomic mass is 9.86. The Morgan fingerprint density at radius 3 is 2.33 bits per heavy atom. The van der Waals surface area contributed by atoms with Crippen LogP contribution in [-0.2, 0) is 12.8 Å². The number of hydrogen-bond acceptors (Lipinski definition) is 2. The summed E-state index contributed by atoms with van der Waals surface area (Å²) in [5.41, 5.74) is 9.21. The minimum atomic E-state index is 0.763. The van der Waals surface area contributed by atoms with Gasteiger partial charge in [-0.1, -0.05) is 35.9 Å². The van der Waals surface area contributed by atoms with Crippen molar-refractivity contribution in [3.63, 3.8) is 0 Å². The summed E-state index contributed by atoms with van der Waals surface area (Å²) >= 11 is 0. The summed E-state index contributed by atoms with van der Waals surface area (Å²) in [6.07, 6.45) is 4.37. The highest BCUT2D eigenvalue weighted by atomic mass is 15.1. The highest BCUT2D eigenvalue weighted by Crippen LogP contribution is 2.38. The standard InChI is InChI=1S/C22H22N2/c1-24-12-10-19(11-13-24)22-20-5-3-2-4-17(20)8-9-18-7-6-16(15-23)14-21(18)22/h2-7,14H,8-13H2,1H3. The van der Waals surface area contributed by atoms with Gasteiger partial charge >= 0.3 is 0 Å². The predicted molar refractivity (Wildman–Crippen MR) is 97.8 cm³/mol. The quantitative estimate of drug-likeness (QED) is 0.729. The monoisotopic (exact) mass is 314 g/mol. The molecule has 24 heavy (non-hydrogen) atoms. The van der Waals surface area contributed by atoms with Crippen LogP contribution in [0.25, 0.3) is 5.57 Å². The molecule has 0 unspecified atom stereocenters. The molecule has 1 saturated heterocycles. The van der Waals surface area contributed by atoms with Gasteiger partial charge in [-0.3, -0.25) is 0 Å². The fraction of sp³-hybridized carbons (Fsp3) is 0.318. The maximum atomic E-state index is 9.36. The zero-order chi connectivity index (χ0) is 16.5. The molecule has 2 heteroatoms. The van der Waals surface area contributed by atoms with Gasteiger partial charge in [-0.25, -0.2) is 0 Å². The summed E-state index contributed by atoms with van der Waals surface area (Å²) in [4.78, 5) is 2.40. The number of hydrogen-bond donors (Lipinski definition) is 0. The van der Waals surface area contributed by atoms with Gasteiger partial charge in [0, 0.05) is 13.1 Å². The van der Waals surface area contributed by atoms with E-state index in [0.29, 0.717) is 0 Å². The van der Waals surface area contributed by atoms with Crippen LogP contribution in [0.5, 0.6) is 0 Å². The number of likely N-dealkylation sites (tertiary alicyclic amines) is 1. The van der Waals surface area contributed by atoms with Crippen LogP contribution < -0.4 is 0 Å². The Bertz CT molecular complexity index is 845. The minimum Gasteiger partial charge on any atom is -0.306 e. The molecule has 0 saturated carbocycles. The van der Waals surface area contributed by atoms with Gasteiger partial charge in [0.05, 0.1) is 11.6 Å². The topological polar surface area (TPSA) is 27.0 Å². The molecular formula is C22H22N2. The second-order valence-corrected chi connectivity index (χ2v) is 6.92. The van der Waals surface area contributed by atoms with Crippen LogP contribution in [-0.4, -0.2) is 25.0 Å². The smallest absolute Gasteiger partial charge is 0.0991 e. The van der Waals surface area contributed by atoms with E-state index in [4.69, 9.17) is 0 Å². The Labute approximate surface area is 144 Å². The highest BCUT2D eigenvalue weighted by Gasteiger charge is 2.23. The van der Waals surface area contributed by atoms with Crippen molar-refractivity contribution in [3.8, 4) is 6.07 Å². The van der Waals surface area contributed by atoms with E-state index in [2.05, 4.69) is 54.4 Å². The van der Waals surface area contributed by atoms with Gasteiger partial charge in [0.2, 0.25) is 0 Å². The van der Waals surface area contributed by atoms with Crippen molar-refractivity contribution in [2.75, 3.05) is 20.1 Å². The van der Waals surface area contributed by atoms with Crippen molar-refractivity contribution in [3.05, 3.63) is 75.9 Å². The molecule has 2 aromatic rings. The second kappa shape index (κ2) is 6.26. The molecule has 0 radical (unpaired) electrons. The van der Waals surface area contributed by atoms with E-state index in [9.17, 15) is 5.26 Å². The summed E-state index contributed by atoms with van der Waals surface area (Å²) in [7, 11) is 2.20. The zero-order valence-corrected chi connectivity index (χ0v) is 14.2. The van der Waals surface area contributed by atoms with Crippen LogP contribution in [0.2, 0.25) is 0 Å². The lowest BCUT2D eigenvalue weighted by Crippen LogP contribution is -2.27. The first kappa shape index (κ1) is 15.2. The molecule has 1 aliphatic heterocycles. The molecule has 120 valence electrons. The number of benzene rings is 2. The molecule has 1 heterocycles. The van der Waals surface area contributed by atoms with Crippen LogP contribution in [0, 0.1) is 11.3 Å². The van der Waals surface area contributed by atoms with E-state index in [1.807, 2.05) is 6.07 Å². The lowest BCUT2D eigenvalue weighted by Gasteiger charge is -2.27. The maximum Gasteiger partial charge on any atom is 0.0991 e. The van der Waals surface area contributed by atoms with Crippen molar-refractivity contribution >= 4 is 5.57 Å². The Morgan fingerprint density at radius 1 is 0.875 bits per heavy atom. The summed E-state index contributed by atoms with van der Waals surface area (Å²) in [5, 5.41) is 9.36. The van der Waals surface area contributed by atoms with Crippen molar-refractivity contribution in [1.82, 2.24) is 4.90 Å². The Hall–Kier alpha value is -2.37. The predicted octanol–water partition coefficient (Wildman–Crippen LogP) is 4.18. The van der Waals surface area contributed by atoms with Crippen LogP contribution in [0.15, 0.2) is 48.0 Å². The largest absolute Gasteiger partial charge is 0.306 e. The van der Waals surface area contributed by atoms with Gasteiger partial charge in [-0.15, -0.1) is 0 Å². The molecule has 0 spiro atoms. The molecule has 4 rings (SSSR count).